The molecule has 6 nitrogen and oxygen atoms in total. The Balaban J connectivity index is 1.52. The predicted molar refractivity (Wildman–Crippen MR) is 109 cm³/mol. The zero-order valence-corrected chi connectivity index (χ0v) is 17.4. The lowest BCUT2D eigenvalue weighted by atomic mass is 10.2. The summed E-state index contributed by atoms with van der Waals surface area (Å²) in [6, 6.07) is 15.9. The van der Waals surface area contributed by atoms with Gasteiger partial charge < -0.3 is 9.80 Å². The van der Waals surface area contributed by atoms with Crippen molar-refractivity contribution in [2.45, 2.75) is 11.4 Å². The van der Waals surface area contributed by atoms with Crippen molar-refractivity contribution in [2.75, 3.05) is 39.8 Å². The van der Waals surface area contributed by atoms with Crippen LogP contribution >= 0.6 is 11.6 Å². The van der Waals surface area contributed by atoms with Gasteiger partial charge in [-0.2, -0.15) is 4.31 Å². The van der Waals surface area contributed by atoms with Crippen molar-refractivity contribution in [3.63, 3.8) is 0 Å². The molecule has 0 spiro atoms. The highest BCUT2D eigenvalue weighted by Gasteiger charge is 2.31. The van der Waals surface area contributed by atoms with Gasteiger partial charge in [-0.05, 0) is 29.8 Å². The number of piperazine rings is 1. The van der Waals surface area contributed by atoms with E-state index in [1.165, 1.54) is 4.31 Å². The number of rotatable bonds is 6. The third-order valence-corrected chi connectivity index (χ3v) is 7.09. The number of benzene rings is 2. The van der Waals surface area contributed by atoms with Gasteiger partial charge in [0.25, 0.3) is 5.91 Å². The first-order valence-electron chi connectivity index (χ1n) is 9.23. The number of sulfonamides is 1. The van der Waals surface area contributed by atoms with Gasteiger partial charge in [-0.15, -0.1) is 0 Å². The quantitative estimate of drug-likeness (QED) is 0.752. The molecule has 0 saturated carbocycles. The zero-order chi connectivity index (χ0) is 20.1. The largest absolute Gasteiger partial charge is 0.337 e. The van der Waals surface area contributed by atoms with E-state index in [0.717, 1.165) is 10.5 Å². The van der Waals surface area contributed by atoms with Crippen LogP contribution in [-0.4, -0.2) is 63.3 Å². The molecule has 1 N–H and O–H groups in total. The fourth-order valence-electron chi connectivity index (χ4n) is 3.31. The lowest BCUT2D eigenvalue weighted by Gasteiger charge is -2.32. The van der Waals surface area contributed by atoms with Crippen molar-refractivity contribution in [3.8, 4) is 0 Å². The molecule has 0 unspecified atom stereocenters. The van der Waals surface area contributed by atoms with Gasteiger partial charge in [0.05, 0.1) is 31.1 Å². The first kappa shape index (κ1) is 20.8. The van der Waals surface area contributed by atoms with Crippen LogP contribution in [0.25, 0.3) is 0 Å². The SMILES string of the molecule is CN(Cc1cccc(Cl)c1)C(=O)C[NH+]1CCN(S(=O)(=O)c2ccccc2)CC1. The second-order valence-corrected chi connectivity index (χ2v) is 9.40. The molecule has 1 fully saturated rings. The molecule has 150 valence electrons. The van der Waals surface area contributed by atoms with E-state index in [0.29, 0.717) is 49.2 Å². The van der Waals surface area contributed by atoms with Crippen LogP contribution in [0.15, 0.2) is 59.5 Å². The monoisotopic (exact) mass is 422 g/mol. The molecule has 3 rings (SSSR count). The highest BCUT2D eigenvalue weighted by molar-refractivity contribution is 7.89. The van der Waals surface area contributed by atoms with Crippen LogP contribution < -0.4 is 4.90 Å². The number of nitrogens with zero attached hydrogens (tertiary/aromatic N) is 2. The molecule has 0 aliphatic carbocycles. The Labute approximate surface area is 171 Å². The summed E-state index contributed by atoms with van der Waals surface area (Å²) < 4.78 is 26.9. The first-order valence-corrected chi connectivity index (χ1v) is 11.1. The summed E-state index contributed by atoms with van der Waals surface area (Å²) in [7, 11) is -1.69. The van der Waals surface area contributed by atoms with E-state index in [4.69, 9.17) is 11.6 Å². The Morgan fingerprint density at radius 1 is 1.11 bits per heavy atom. The molecule has 1 aliphatic rings. The smallest absolute Gasteiger partial charge is 0.277 e. The molecule has 1 amide bonds. The van der Waals surface area contributed by atoms with E-state index >= 15 is 0 Å². The van der Waals surface area contributed by atoms with Crippen LogP contribution in [0.2, 0.25) is 5.02 Å². The summed E-state index contributed by atoms with van der Waals surface area (Å²) >= 11 is 6.00. The minimum absolute atomic E-state index is 0.0364. The maximum atomic E-state index is 12.7. The number of carbonyl (C=O) groups excluding carboxylic acids is 1. The van der Waals surface area contributed by atoms with Crippen molar-refractivity contribution < 1.29 is 18.1 Å². The fraction of sp³-hybridized carbons (Fsp3) is 0.350. The summed E-state index contributed by atoms with van der Waals surface area (Å²) in [5, 5.41) is 0.653. The van der Waals surface area contributed by atoms with E-state index in [1.807, 2.05) is 18.2 Å². The van der Waals surface area contributed by atoms with Crippen molar-refractivity contribution in [3.05, 3.63) is 65.2 Å². The van der Waals surface area contributed by atoms with Crippen LogP contribution in [-0.2, 0) is 21.4 Å². The lowest BCUT2D eigenvalue weighted by molar-refractivity contribution is -0.896. The average molecular weight is 423 g/mol. The number of hydrogen-bond donors (Lipinski definition) is 1. The highest BCUT2D eigenvalue weighted by atomic mass is 35.5. The molecule has 1 saturated heterocycles. The van der Waals surface area contributed by atoms with Gasteiger partial charge >= 0.3 is 0 Å². The maximum absolute atomic E-state index is 12.7. The summed E-state index contributed by atoms with van der Waals surface area (Å²) in [5.74, 6) is 0.0364. The van der Waals surface area contributed by atoms with E-state index < -0.39 is 10.0 Å². The van der Waals surface area contributed by atoms with E-state index in [2.05, 4.69) is 0 Å². The van der Waals surface area contributed by atoms with E-state index in [9.17, 15) is 13.2 Å². The predicted octanol–water partition coefficient (Wildman–Crippen LogP) is 0.888. The van der Waals surface area contributed by atoms with Crippen molar-refractivity contribution >= 4 is 27.5 Å². The van der Waals surface area contributed by atoms with Crippen LogP contribution in [0.1, 0.15) is 5.56 Å². The molecule has 2 aromatic carbocycles. The molecule has 28 heavy (non-hydrogen) atoms. The van der Waals surface area contributed by atoms with Gasteiger partial charge in [-0.25, -0.2) is 8.42 Å². The molecule has 1 heterocycles. The number of halogens is 1. The molecule has 0 atom stereocenters. The third-order valence-electron chi connectivity index (χ3n) is 4.95. The van der Waals surface area contributed by atoms with Gasteiger partial charge in [-0.3, -0.25) is 4.79 Å². The second-order valence-electron chi connectivity index (χ2n) is 7.02. The molecule has 0 bridgehead atoms. The normalized spacial score (nSPS) is 16.1. The molecule has 2 aromatic rings. The van der Waals surface area contributed by atoms with E-state index in [1.54, 1.807) is 48.3 Å². The summed E-state index contributed by atoms with van der Waals surface area (Å²) in [4.78, 5) is 15.6. The standard InChI is InChI=1S/C20H24ClN3O3S/c1-22(15-17-6-5-7-18(21)14-17)20(25)16-23-10-12-24(13-11-23)28(26,27)19-8-3-2-4-9-19/h2-9,14H,10-13,15-16H2,1H3/p+1. The van der Waals surface area contributed by atoms with Gasteiger partial charge in [0, 0.05) is 18.6 Å². The van der Waals surface area contributed by atoms with Crippen molar-refractivity contribution in [1.29, 1.82) is 0 Å². The number of amides is 1. The molecular formula is C20H25ClN3O3S+. The molecule has 8 heteroatoms. The van der Waals surface area contributed by atoms with Gasteiger partial charge in [-0.1, -0.05) is 41.9 Å². The van der Waals surface area contributed by atoms with Gasteiger partial charge in [0.1, 0.15) is 0 Å². The second kappa shape index (κ2) is 9.05. The van der Waals surface area contributed by atoms with Gasteiger partial charge in [0.15, 0.2) is 6.54 Å². The van der Waals surface area contributed by atoms with E-state index in [-0.39, 0.29) is 5.91 Å². The number of hydrogen-bond acceptors (Lipinski definition) is 3. The molecule has 0 aromatic heterocycles. The maximum Gasteiger partial charge on any atom is 0.277 e. The topological polar surface area (TPSA) is 62.1 Å². The van der Waals surface area contributed by atoms with Crippen LogP contribution in [0, 0.1) is 0 Å². The number of likely N-dealkylation sites (N-methyl/N-ethyl adjacent to an activating group) is 1. The summed E-state index contributed by atoms with van der Waals surface area (Å²) in [6.07, 6.45) is 0. The van der Waals surface area contributed by atoms with Crippen LogP contribution in [0.4, 0.5) is 0 Å². The summed E-state index contributed by atoms with van der Waals surface area (Å²) in [5.41, 5.74) is 0.983. The first-order chi connectivity index (χ1) is 13.4. The lowest BCUT2D eigenvalue weighted by Crippen LogP contribution is -3.15. The zero-order valence-electron chi connectivity index (χ0n) is 15.8. The Morgan fingerprint density at radius 2 is 1.79 bits per heavy atom. The minimum Gasteiger partial charge on any atom is -0.337 e. The minimum atomic E-state index is -3.46. The molecule has 0 radical (unpaired) electrons. The van der Waals surface area contributed by atoms with Crippen LogP contribution in [0.3, 0.4) is 0 Å². The number of quaternary nitrogens is 1. The number of carbonyl (C=O) groups is 1. The third kappa shape index (κ3) is 5.11. The number of nitrogens with one attached hydrogen (secondary N) is 1. The van der Waals surface area contributed by atoms with Crippen molar-refractivity contribution in [2.24, 2.45) is 0 Å². The van der Waals surface area contributed by atoms with Gasteiger partial charge in [0.2, 0.25) is 10.0 Å². The van der Waals surface area contributed by atoms with Crippen LogP contribution in [0.5, 0.6) is 0 Å². The Hall–Kier alpha value is -1.93. The van der Waals surface area contributed by atoms with Crippen molar-refractivity contribution in [1.82, 2.24) is 9.21 Å². The molecule has 1 aliphatic heterocycles. The Kier molecular flexibility index (Phi) is 6.72. The summed E-state index contributed by atoms with van der Waals surface area (Å²) in [6.45, 7) is 2.92. The average Bonchev–Trinajstić information content (AvgIpc) is 2.69. The Morgan fingerprint density at radius 3 is 2.43 bits per heavy atom. The Bertz CT molecular complexity index is 913. The fourth-order valence-corrected chi connectivity index (χ4v) is 4.98. The highest BCUT2D eigenvalue weighted by Crippen LogP contribution is 2.15. The molecular weight excluding hydrogens is 398 g/mol.